The van der Waals surface area contributed by atoms with Crippen LogP contribution in [0.25, 0.3) is 5.69 Å². The number of benzene rings is 1. The molecule has 21 heavy (non-hydrogen) atoms. The third kappa shape index (κ3) is 3.67. The fourth-order valence-electron chi connectivity index (χ4n) is 3.12. The van der Waals surface area contributed by atoms with Crippen molar-refractivity contribution in [1.82, 2.24) is 9.47 Å². The molecule has 2 heterocycles. The SMILES string of the molecule is CCCN1CCC(Nc2cccc(-n3cccc3)c2)CC1. The van der Waals surface area contributed by atoms with Crippen molar-refractivity contribution < 1.29 is 0 Å². The van der Waals surface area contributed by atoms with Crippen molar-refractivity contribution in [3.8, 4) is 5.69 Å². The molecule has 3 nitrogen and oxygen atoms in total. The first-order chi connectivity index (χ1) is 10.3. The summed E-state index contributed by atoms with van der Waals surface area (Å²) in [4.78, 5) is 2.58. The van der Waals surface area contributed by atoms with Crippen molar-refractivity contribution in [1.29, 1.82) is 0 Å². The Morgan fingerprint density at radius 3 is 2.57 bits per heavy atom. The molecule has 3 heteroatoms. The molecular formula is C18H25N3. The van der Waals surface area contributed by atoms with Gasteiger partial charge in [0.15, 0.2) is 0 Å². The first-order valence-electron chi connectivity index (χ1n) is 8.07. The number of hydrogen-bond donors (Lipinski definition) is 1. The zero-order chi connectivity index (χ0) is 14.5. The molecule has 1 aliphatic heterocycles. The van der Waals surface area contributed by atoms with Gasteiger partial charge >= 0.3 is 0 Å². The van der Waals surface area contributed by atoms with Gasteiger partial charge in [0, 0.05) is 42.9 Å². The molecule has 3 rings (SSSR count). The van der Waals surface area contributed by atoms with E-state index >= 15 is 0 Å². The van der Waals surface area contributed by atoms with E-state index < -0.39 is 0 Å². The average molecular weight is 283 g/mol. The average Bonchev–Trinajstić information content (AvgIpc) is 3.04. The van der Waals surface area contributed by atoms with Crippen LogP contribution in [0.1, 0.15) is 26.2 Å². The largest absolute Gasteiger partial charge is 0.382 e. The lowest BCUT2D eigenvalue weighted by Gasteiger charge is -2.32. The number of likely N-dealkylation sites (tertiary alicyclic amines) is 1. The highest BCUT2D eigenvalue weighted by molar-refractivity contribution is 5.51. The first kappa shape index (κ1) is 14.2. The van der Waals surface area contributed by atoms with Crippen LogP contribution in [0.5, 0.6) is 0 Å². The second-order valence-electron chi connectivity index (χ2n) is 5.90. The first-order valence-corrected chi connectivity index (χ1v) is 8.07. The Labute approximate surface area is 127 Å². The van der Waals surface area contributed by atoms with Crippen molar-refractivity contribution in [2.45, 2.75) is 32.2 Å². The lowest BCUT2D eigenvalue weighted by molar-refractivity contribution is 0.219. The molecule has 0 amide bonds. The van der Waals surface area contributed by atoms with Crippen LogP contribution in [0.4, 0.5) is 5.69 Å². The zero-order valence-corrected chi connectivity index (χ0v) is 12.8. The Balaban J connectivity index is 1.60. The zero-order valence-electron chi connectivity index (χ0n) is 12.8. The number of nitrogens with one attached hydrogen (secondary N) is 1. The Morgan fingerprint density at radius 1 is 1.10 bits per heavy atom. The predicted molar refractivity (Wildman–Crippen MR) is 89.1 cm³/mol. The highest BCUT2D eigenvalue weighted by atomic mass is 15.1. The second kappa shape index (κ2) is 6.81. The fourth-order valence-corrected chi connectivity index (χ4v) is 3.12. The minimum atomic E-state index is 0.609. The maximum absolute atomic E-state index is 3.71. The number of hydrogen-bond acceptors (Lipinski definition) is 2. The molecular weight excluding hydrogens is 258 g/mol. The van der Waals surface area contributed by atoms with Crippen LogP contribution in [-0.4, -0.2) is 35.1 Å². The van der Waals surface area contributed by atoms with Gasteiger partial charge in [0.1, 0.15) is 0 Å². The summed E-state index contributed by atoms with van der Waals surface area (Å²) in [6.07, 6.45) is 7.92. The normalized spacial score (nSPS) is 17.0. The summed E-state index contributed by atoms with van der Waals surface area (Å²) in [5.41, 5.74) is 2.45. The third-order valence-electron chi connectivity index (χ3n) is 4.25. The van der Waals surface area contributed by atoms with Gasteiger partial charge in [0.25, 0.3) is 0 Å². The Hall–Kier alpha value is -1.74. The summed E-state index contributed by atoms with van der Waals surface area (Å²) >= 11 is 0. The van der Waals surface area contributed by atoms with E-state index in [0.717, 1.165) is 0 Å². The van der Waals surface area contributed by atoms with Crippen molar-refractivity contribution in [2.75, 3.05) is 25.0 Å². The smallest absolute Gasteiger partial charge is 0.0469 e. The van der Waals surface area contributed by atoms with Crippen molar-refractivity contribution in [2.24, 2.45) is 0 Å². The molecule has 1 aliphatic rings. The van der Waals surface area contributed by atoms with E-state index in [1.807, 2.05) is 0 Å². The molecule has 1 aromatic carbocycles. The minimum absolute atomic E-state index is 0.609. The molecule has 0 unspecified atom stereocenters. The van der Waals surface area contributed by atoms with E-state index in [1.54, 1.807) is 0 Å². The Morgan fingerprint density at radius 2 is 1.86 bits per heavy atom. The van der Waals surface area contributed by atoms with Gasteiger partial charge in [-0.3, -0.25) is 0 Å². The summed E-state index contributed by atoms with van der Waals surface area (Å²) in [7, 11) is 0. The number of anilines is 1. The molecule has 1 aromatic heterocycles. The quantitative estimate of drug-likeness (QED) is 0.901. The van der Waals surface area contributed by atoms with Gasteiger partial charge in [-0.1, -0.05) is 13.0 Å². The summed E-state index contributed by atoms with van der Waals surface area (Å²) in [6, 6.07) is 13.4. The molecule has 1 fully saturated rings. The van der Waals surface area contributed by atoms with E-state index in [-0.39, 0.29) is 0 Å². The third-order valence-corrected chi connectivity index (χ3v) is 4.25. The molecule has 0 saturated carbocycles. The summed E-state index contributed by atoms with van der Waals surface area (Å²) in [6.45, 7) is 5.96. The molecule has 0 spiro atoms. The topological polar surface area (TPSA) is 20.2 Å². The second-order valence-corrected chi connectivity index (χ2v) is 5.90. The summed E-state index contributed by atoms with van der Waals surface area (Å²) in [5, 5.41) is 3.71. The van der Waals surface area contributed by atoms with Crippen LogP contribution < -0.4 is 5.32 Å². The van der Waals surface area contributed by atoms with Crippen LogP contribution in [0.2, 0.25) is 0 Å². The maximum atomic E-state index is 3.71. The summed E-state index contributed by atoms with van der Waals surface area (Å²) in [5.74, 6) is 0. The molecule has 0 aliphatic carbocycles. The van der Waals surface area contributed by atoms with Crippen LogP contribution in [0, 0.1) is 0 Å². The van der Waals surface area contributed by atoms with Crippen molar-refractivity contribution in [3.63, 3.8) is 0 Å². The molecule has 112 valence electrons. The Bertz CT molecular complexity index is 539. The highest BCUT2D eigenvalue weighted by Gasteiger charge is 2.18. The van der Waals surface area contributed by atoms with Crippen LogP contribution in [0.3, 0.4) is 0 Å². The van der Waals surface area contributed by atoms with E-state index in [1.165, 1.54) is 50.3 Å². The molecule has 0 bridgehead atoms. The van der Waals surface area contributed by atoms with E-state index in [9.17, 15) is 0 Å². The number of nitrogens with zero attached hydrogens (tertiary/aromatic N) is 2. The lowest BCUT2D eigenvalue weighted by atomic mass is 10.0. The van der Waals surface area contributed by atoms with Gasteiger partial charge in [-0.2, -0.15) is 0 Å². The molecule has 0 radical (unpaired) electrons. The van der Waals surface area contributed by atoms with Gasteiger partial charge in [0.2, 0.25) is 0 Å². The van der Waals surface area contributed by atoms with Crippen LogP contribution in [0.15, 0.2) is 48.8 Å². The molecule has 1 N–H and O–H groups in total. The highest BCUT2D eigenvalue weighted by Crippen LogP contribution is 2.19. The monoisotopic (exact) mass is 283 g/mol. The van der Waals surface area contributed by atoms with Crippen molar-refractivity contribution in [3.05, 3.63) is 48.8 Å². The number of aromatic nitrogens is 1. The van der Waals surface area contributed by atoms with E-state index in [4.69, 9.17) is 0 Å². The van der Waals surface area contributed by atoms with Gasteiger partial charge in [0.05, 0.1) is 0 Å². The van der Waals surface area contributed by atoms with Gasteiger partial charge in [-0.05, 0) is 56.1 Å². The van der Waals surface area contributed by atoms with Crippen LogP contribution >= 0.6 is 0 Å². The summed E-state index contributed by atoms with van der Waals surface area (Å²) < 4.78 is 2.15. The standard InChI is InChI=1S/C18H25N3/c1-2-10-20-13-8-16(9-14-20)19-17-6-5-7-18(15-17)21-11-3-4-12-21/h3-7,11-12,15-16,19H,2,8-10,13-14H2,1H3. The maximum Gasteiger partial charge on any atom is 0.0469 e. The van der Waals surface area contributed by atoms with Gasteiger partial charge < -0.3 is 14.8 Å². The minimum Gasteiger partial charge on any atom is -0.382 e. The Kier molecular flexibility index (Phi) is 4.61. The predicted octanol–water partition coefficient (Wildman–Crippen LogP) is 3.76. The van der Waals surface area contributed by atoms with Gasteiger partial charge in [-0.15, -0.1) is 0 Å². The van der Waals surface area contributed by atoms with Gasteiger partial charge in [-0.25, -0.2) is 0 Å². The number of rotatable bonds is 5. The molecule has 0 atom stereocenters. The number of piperidine rings is 1. The van der Waals surface area contributed by atoms with Crippen molar-refractivity contribution >= 4 is 5.69 Å². The van der Waals surface area contributed by atoms with E-state index in [2.05, 4.69) is 70.5 Å². The van der Waals surface area contributed by atoms with Crippen LogP contribution in [-0.2, 0) is 0 Å². The molecule has 2 aromatic rings. The van der Waals surface area contributed by atoms with E-state index in [0.29, 0.717) is 6.04 Å². The molecule has 1 saturated heterocycles. The lowest BCUT2D eigenvalue weighted by Crippen LogP contribution is -2.39. The fraction of sp³-hybridized carbons (Fsp3) is 0.444.